The zero-order valence-electron chi connectivity index (χ0n) is 16.5. The maximum absolute atomic E-state index is 14.6. The van der Waals surface area contributed by atoms with E-state index in [1.54, 1.807) is 28.9 Å². The fraction of sp³-hybridized carbons (Fsp3) is 0.300. The summed E-state index contributed by atoms with van der Waals surface area (Å²) >= 11 is 6.24. The average molecular weight is 475 g/mol. The van der Waals surface area contributed by atoms with Crippen LogP contribution in [-0.2, 0) is 0 Å². The van der Waals surface area contributed by atoms with Crippen molar-refractivity contribution in [2.45, 2.75) is 19.9 Å². The van der Waals surface area contributed by atoms with Gasteiger partial charge in [-0.2, -0.15) is 0 Å². The fourth-order valence-corrected chi connectivity index (χ4v) is 3.76. The molecule has 1 aromatic carbocycles. The summed E-state index contributed by atoms with van der Waals surface area (Å²) < 4.78 is 16.4. The number of piperazine rings is 1. The lowest BCUT2D eigenvalue weighted by Gasteiger charge is -2.33. The molecule has 1 atom stereocenters. The molecule has 10 heteroatoms. The zero-order chi connectivity index (χ0) is 19.8. The minimum atomic E-state index is -0.549. The summed E-state index contributed by atoms with van der Waals surface area (Å²) in [6.45, 7) is 6.40. The maximum Gasteiger partial charge on any atom is 0.258 e. The number of benzene rings is 1. The van der Waals surface area contributed by atoms with Gasteiger partial charge in [0.2, 0.25) is 0 Å². The number of fused-ring (bicyclic) bond motifs is 1. The number of carbonyl (C=O) groups excluding carboxylic acids is 1. The summed E-state index contributed by atoms with van der Waals surface area (Å²) in [5, 5.41) is 6.48. The molecule has 162 valence electrons. The molecule has 0 radical (unpaired) electrons. The van der Waals surface area contributed by atoms with Crippen molar-refractivity contribution in [1.29, 1.82) is 0 Å². The van der Waals surface area contributed by atoms with Gasteiger partial charge in [-0.25, -0.2) is 9.37 Å². The van der Waals surface area contributed by atoms with E-state index in [0.717, 1.165) is 31.0 Å². The molecule has 1 unspecified atom stereocenters. The van der Waals surface area contributed by atoms with E-state index in [9.17, 15) is 9.18 Å². The molecule has 3 aromatic rings. The van der Waals surface area contributed by atoms with E-state index in [-0.39, 0.29) is 30.4 Å². The number of rotatable bonds is 3. The van der Waals surface area contributed by atoms with Gasteiger partial charge in [-0.3, -0.25) is 4.79 Å². The van der Waals surface area contributed by atoms with Crippen LogP contribution in [0.2, 0.25) is 5.02 Å². The predicted octanol–water partition coefficient (Wildman–Crippen LogP) is 4.33. The van der Waals surface area contributed by atoms with Gasteiger partial charge in [0.05, 0.1) is 22.0 Å². The molecule has 2 N–H and O–H groups in total. The second kappa shape index (κ2) is 9.83. The molecule has 30 heavy (non-hydrogen) atoms. The highest BCUT2D eigenvalue weighted by Crippen LogP contribution is 2.24. The smallest absolute Gasteiger partial charge is 0.258 e. The van der Waals surface area contributed by atoms with E-state index in [0.29, 0.717) is 22.4 Å². The van der Waals surface area contributed by atoms with Gasteiger partial charge in [0, 0.05) is 43.8 Å². The first-order chi connectivity index (χ1) is 13.4. The molecule has 1 saturated heterocycles. The highest BCUT2D eigenvalue weighted by Gasteiger charge is 2.19. The first-order valence-electron chi connectivity index (χ1n) is 9.15. The molecule has 0 bridgehead atoms. The first-order valence-corrected chi connectivity index (χ1v) is 9.52. The van der Waals surface area contributed by atoms with Gasteiger partial charge in [-0.1, -0.05) is 11.6 Å². The van der Waals surface area contributed by atoms with Gasteiger partial charge < -0.3 is 19.9 Å². The van der Waals surface area contributed by atoms with E-state index in [1.165, 1.54) is 12.1 Å². The Kier molecular flexibility index (Phi) is 7.93. The average Bonchev–Trinajstić information content (AvgIpc) is 3.02. The summed E-state index contributed by atoms with van der Waals surface area (Å²) in [6, 6.07) is 6.67. The summed E-state index contributed by atoms with van der Waals surface area (Å²) in [6.07, 6.45) is 3.51. The van der Waals surface area contributed by atoms with Crippen molar-refractivity contribution >= 4 is 59.3 Å². The third-order valence-corrected chi connectivity index (χ3v) is 5.09. The lowest BCUT2D eigenvalue weighted by atomic mass is 10.1. The van der Waals surface area contributed by atoms with E-state index in [2.05, 4.69) is 27.4 Å². The molecule has 3 heterocycles. The number of carbonyl (C=O) groups is 1. The van der Waals surface area contributed by atoms with Crippen LogP contribution in [0.15, 0.2) is 36.7 Å². The largest absolute Gasteiger partial charge is 0.369 e. The Labute approximate surface area is 191 Å². The number of hydrogen-bond acceptors (Lipinski definition) is 4. The van der Waals surface area contributed by atoms with Gasteiger partial charge >= 0.3 is 0 Å². The van der Waals surface area contributed by atoms with Crippen LogP contribution in [0.4, 0.5) is 15.8 Å². The minimum absolute atomic E-state index is 0. The Morgan fingerprint density at radius 3 is 2.77 bits per heavy atom. The number of hydrogen-bond donors (Lipinski definition) is 2. The van der Waals surface area contributed by atoms with Gasteiger partial charge in [-0.05, 0) is 38.1 Å². The Morgan fingerprint density at radius 2 is 2.07 bits per heavy atom. The van der Waals surface area contributed by atoms with Crippen LogP contribution in [0, 0.1) is 12.7 Å². The number of halogens is 4. The summed E-state index contributed by atoms with van der Waals surface area (Å²) in [5.74, 6) is -1.07. The Bertz CT molecular complexity index is 1060. The quantitative estimate of drug-likeness (QED) is 0.593. The molecule has 4 rings (SSSR count). The lowest BCUT2D eigenvalue weighted by Crippen LogP contribution is -2.49. The van der Waals surface area contributed by atoms with Crippen LogP contribution in [-0.4, -0.2) is 41.0 Å². The lowest BCUT2D eigenvalue weighted by molar-refractivity contribution is 0.102. The molecule has 0 saturated carbocycles. The molecule has 0 spiro atoms. The van der Waals surface area contributed by atoms with Crippen LogP contribution in [0.3, 0.4) is 0 Å². The van der Waals surface area contributed by atoms with Crippen LogP contribution in [0.5, 0.6) is 0 Å². The monoisotopic (exact) mass is 473 g/mol. The molecule has 2 aromatic heterocycles. The van der Waals surface area contributed by atoms with Crippen LogP contribution >= 0.6 is 36.4 Å². The molecule has 0 aliphatic carbocycles. The zero-order valence-corrected chi connectivity index (χ0v) is 18.9. The second-order valence-electron chi connectivity index (χ2n) is 7.11. The molecular weight excluding hydrogens is 452 g/mol. The van der Waals surface area contributed by atoms with Crippen LogP contribution < -0.4 is 15.5 Å². The Balaban J connectivity index is 0.00000160. The summed E-state index contributed by atoms with van der Waals surface area (Å²) in [5.41, 5.74) is 2.66. The fourth-order valence-electron chi connectivity index (χ4n) is 3.50. The number of imidazole rings is 1. The molecule has 1 fully saturated rings. The van der Waals surface area contributed by atoms with Gasteiger partial charge in [0.1, 0.15) is 5.82 Å². The minimum Gasteiger partial charge on any atom is -0.369 e. The number of anilines is 2. The summed E-state index contributed by atoms with van der Waals surface area (Å²) in [4.78, 5) is 19.0. The number of nitrogens with zero attached hydrogens (tertiary/aromatic N) is 3. The van der Waals surface area contributed by atoms with Crippen molar-refractivity contribution in [2.24, 2.45) is 0 Å². The van der Waals surface area contributed by atoms with E-state index in [1.807, 2.05) is 6.92 Å². The van der Waals surface area contributed by atoms with Gasteiger partial charge in [-0.15, -0.1) is 24.8 Å². The highest BCUT2D eigenvalue weighted by molar-refractivity contribution is 6.33. The second-order valence-corrected chi connectivity index (χ2v) is 7.52. The molecule has 1 aliphatic heterocycles. The third kappa shape index (κ3) is 4.98. The van der Waals surface area contributed by atoms with Crippen molar-refractivity contribution in [3.05, 3.63) is 58.8 Å². The van der Waals surface area contributed by atoms with Crippen molar-refractivity contribution < 1.29 is 9.18 Å². The van der Waals surface area contributed by atoms with E-state index in [4.69, 9.17) is 11.6 Å². The predicted molar refractivity (Wildman–Crippen MR) is 123 cm³/mol. The molecular formula is C20H23Cl3FN5O. The van der Waals surface area contributed by atoms with Gasteiger partial charge in [0.15, 0.2) is 5.65 Å². The Morgan fingerprint density at radius 1 is 1.30 bits per heavy atom. The van der Waals surface area contributed by atoms with Crippen molar-refractivity contribution in [2.75, 3.05) is 29.9 Å². The van der Waals surface area contributed by atoms with Gasteiger partial charge in [0.25, 0.3) is 5.91 Å². The highest BCUT2D eigenvalue weighted by atomic mass is 35.5. The molecule has 6 nitrogen and oxygen atoms in total. The normalized spacial score (nSPS) is 16.0. The molecule has 1 amide bonds. The number of aromatic nitrogens is 2. The number of pyridine rings is 1. The number of amides is 1. The Hall–Kier alpha value is -2.06. The topological polar surface area (TPSA) is 61.7 Å². The van der Waals surface area contributed by atoms with Crippen molar-refractivity contribution in [3.63, 3.8) is 0 Å². The van der Waals surface area contributed by atoms with Crippen LogP contribution in [0.1, 0.15) is 23.0 Å². The SMILES string of the molecule is Cc1cn2cc(NC(=O)c3ccc(N4CCNC(C)C4)cc3F)cc(Cl)c2n1.Cl.Cl. The maximum atomic E-state index is 14.6. The van der Waals surface area contributed by atoms with Crippen molar-refractivity contribution in [3.8, 4) is 0 Å². The standard InChI is InChI=1S/C20H21ClFN5O.2ClH/c1-12-9-26(6-5-23-12)15-3-4-16(18(22)8-15)20(28)25-14-7-17(21)19-24-13(2)10-27(19)11-14;;/h3-4,7-8,10-12,23H,5-6,9H2,1-2H3,(H,25,28);2*1H. The number of nitrogens with one attached hydrogen (secondary N) is 2. The first kappa shape index (κ1) is 24.2. The van der Waals surface area contributed by atoms with E-state index >= 15 is 0 Å². The van der Waals surface area contributed by atoms with Crippen LogP contribution in [0.25, 0.3) is 5.65 Å². The third-order valence-electron chi connectivity index (χ3n) is 4.82. The summed E-state index contributed by atoms with van der Waals surface area (Å²) in [7, 11) is 0. The van der Waals surface area contributed by atoms with E-state index < -0.39 is 11.7 Å². The van der Waals surface area contributed by atoms with Crippen molar-refractivity contribution in [1.82, 2.24) is 14.7 Å². The number of aryl methyl sites for hydroxylation is 1. The molecule has 1 aliphatic rings.